The van der Waals surface area contributed by atoms with Crippen LogP contribution < -0.4 is 14.2 Å². The fraction of sp³-hybridized carbons (Fsp3) is 0.308. The minimum absolute atomic E-state index is 0.671. The van der Waals surface area contributed by atoms with Crippen molar-refractivity contribution in [1.29, 1.82) is 0 Å². The van der Waals surface area contributed by atoms with Crippen LogP contribution in [0, 0.1) is 0 Å². The van der Waals surface area contributed by atoms with Gasteiger partial charge in [-0.2, -0.15) is 0 Å². The van der Waals surface area contributed by atoms with Gasteiger partial charge in [0, 0.05) is 5.56 Å². The first-order valence-corrected chi connectivity index (χ1v) is 10.2. The van der Waals surface area contributed by atoms with Gasteiger partial charge in [-0.25, -0.2) is 0 Å². The molecular formula is C26H30O3. The third kappa shape index (κ3) is 5.32. The molecule has 29 heavy (non-hydrogen) atoms. The van der Waals surface area contributed by atoms with E-state index in [4.69, 9.17) is 14.2 Å². The minimum Gasteiger partial charge on any atom is -0.493 e. The molecule has 0 fully saturated rings. The predicted octanol–water partition coefficient (Wildman–Crippen LogP) is 5.67. The Balaban J connectivity index is 1.86. The fourth-order valence-corrected chi connectivity index (χ4v) is 3.81. The number of ether oxygens (including phenoxy) is 3. The van der Waals surface area contributed by atoms with Crippen LogP contribution in [0.25, 0.3) is 0 Å². The first-order valence-electron chi connectivity index (χ1n) is 10.2. The summed E-state index contributed by atoms with van der Waals surface area (Å²) in [5.74, 6) is 2.19. The summed E-state index contributed by atoms with van der Waals surface area (Å²) < 4.78 is 17.0. The SMILES string of the molecule is COc1cc(CCCc2ccccc2)c(CCc2ccccc2)c(OC)c1OC. The van der Waals surface area contributed by atoms with Crippen molar-refractivity contribution in [3.63, 3.8) is 0 Å². The molecule has 0 radical (unpaired) electrons. The summed E-state index contributed by atoms with van der Waals surface area (Å²) in [5.41, 5.74) is 5.17. The molecule has 0 saturated heterocycles. The molecule has 0 N–H and O–H groups in total. The molecule has 0 aliphatic carbocycles. The second-order valence-electron chi connectivity index (χ2n) is 7.11. The predicted molar refractivity (Wildman–Crippen MR) is 118 cm³/mol. The van der Waals surface area contributed by atoms with Gasteiger partial charge in [0.1, 0.15) is 0 Å². The van der Waals surface area contributed by atoms with E-state index in [9.17, 15) is 0 Å². The maximum atomic E-state index is 5.80. The van der Waals surface area contributed by atoms with E-state index in [1.165, 1.54) is 22.3 Å². The van der Waals surface area contributed by atoms with E-state index in [0.29, 0.717) is 5.75 Å². The highest BCUT2D eigenvalue weighted by Crippen LogP contribution is 2.43. The number of benzene rings is 3. The molecule has 0 heterocycles. The lowest BCUT2D eigenvalue weighted by molar-refractivity contribution is 0.321. The Morgan fingerprint density at radius 1 is 0.586 bits per heavy atom. The second-order valence-corrected chi connectivity index (χ2v) is 7.11. The molecular weight excluding hydrogens is 360 g/mol. The summed E-state index contributed by atoms with van der Waals surface area (Å²) in [5, 5.41) is 0. The van der Waals surface area contributed by atoms with Crippen LogP contribution in [-0.2, 0) is 25.7 Å². The number of hydrogen-bond donors (Lipinski definition) is 0. The van der Waals surface area contributed by atoms with E-state index in [-0.39, 0.29) is 0 Å². The van der Waals surface area contributed by atoms with Crippen molar-refractivity contribution in [2.45, 2.75) is 32.1 Å². The number of rotatable bonds is 10. The summed E-state index contributed by atoms with van der Waals surface area (Å²) in [6, 6.07) is 23.3. The molecule has 0 saturated carbocycles. The second kappa shape index (κ2) is 10.6. The summed E-state index contributed by atoms with van der Waals surface area (Å²) >= 11 is 0. The monoisotopic (exact) mass is 390 g/mol. The van der Waals surface area contributed by atoms with Gasteiger partial charge in [-0.05, 0) is 54.9 Å². The molecule has 0 amide bonds. The maximum Gasteiger partial charge on any atom is 0.203 e. The Kier molecular flexibility index (Phi) is 7.57. The normalized spacial score (nSPS) is 10.6. The topological polar surface area (TPSA) is 27.7 Å². The number of aryl methyl sites for hydroxylation is 3. The zero-order valence-electron chi connectivity index (χ0n) is 17.6. The summed E-state index contributed by atoms with van der Waals surface area (Å²) in [6.45, 7) is 0. The highest BCUT2D eigenvalue weighted by Gasteiger charge is 2.20. The van der Waals surface area contributed by atoms with Gasteiger partial charge in [-0.3, -0.25) is 0 Å². The van der Waals surface area contributed by atoms with Gasteiger partial charge in [0.05, 0.1) is 21.3 Å². The molecule has 3 heteroatoms. The molecule has 0 aliphatic heterocycles. The average Bonchev–Trinajstić information content (AvgIpc) is 2.78. The van der Waals surface area contributed by atoms with Crippen molar-refractivity contribution >= 4 is 0 Å². The zero-order chi connectivity index (χ0) is 20.5. The standard InChI is InChI=1S/C26H30O3/c1-27-24-19-22(16-10-15-20-11-6-4-7-12-20)23(25(28-2)26(24)29-3)18-17-21-13-8-5-9-14-21/h4-9,11-14,19H,10,15-18H2,1-3H3. The van der Waals surface area contributed by atoms with Gasteiger partial charge in [0.2, 0.25) is 5.75 Å². The summed E-state index contributed by atoms with van der Waals surface area (Å²) in [4.78, 5) is 0. The average molecular weight is 391 g/mol. The van der Waals surface area contributed by atoms with Crippen molar-refractivity contribution in [2.24, 2.45) is 0 Å². The smallest absolute Gasteiger partial charge is 0.203 e. The molecule has 3 rings (SSSR count). The van der Waals surface area contributed by atoms with E-state index in [2.05, 4.69) is 66.7 Å². The molecule has 3 aromatic rings. The highest BCUT2D eigenvalue weighted by molar-refractivity contribution is 5.59. The lowest BCUT2D eigenvalue weighted by atomic mass is 9.94. The van der Waals surface area contributed by atoms with Crippen LogP contribution in [-0.4, -0.2) is 21.3 Å². The van der Waals surface area contributed by atoms with Crippen LogP contribution in [0.15, 0.2) is 66.7 Å². The Morgan fingerprint density at radius 2 is 1.17 bits per heavy atom. The first-order chi connectivity index (χ1) is 14.3. The van der Waals surface area contributed by atoms with Crippen molar-refractivity contribution in [3.8, 4) is 17.2 Å². The Labute approximate surface area is 174 Å². The van der Waals surface area contributed by atoms with E-state index in [0.717, 1.165) is 43.6 Å². The summed E-state index contributed by atoms with van der Waals surface area (Å²) in [6.07, 6.45) is 4.94. The molecule has 3 aromatic carbocycles. The van der Waals surface area contributed by atoms with Gasteiger partial charge in [-0.15, -0.1) is 0 Å². The van der Waals surface area contributed by atoms with Crippen molar-refractivity contribution in [3.05, 3.63) is 89.0 Å². The van der Waals surface area contributed by atoms with Crippen LogP contribution >= 0.6 is 0 Å². The zero-order valence-corrected chi connectivity index (χ0v) is 17.6. The quantitative estimate of drug-likeness (QED) is 0.446. The van der Waals surface area contributed by atoms with E-state index in [1.807, 2.05) is 0 Å². The third-order valence-electron chi connectivity index (χ3n) is 5.29. The Hall–Kier alpha value is -2.94. The lowest BCUT2D eigenvalue weighted by Crippen LogP contribution is -2.05. The van der Waals surface area contributed by atoms with Gasteiger partial charge >= 0.3 is 0 Å². The molecule has 0 unspecified atom stereocenters. The van der Waals surface area contributed by atoms with Gasteiger partial charge < -0.3 is 14.2 Å². The molecule has 0 atom stereocenters. The molecule has 0 aromatic heterocycles. The largest absolute Gasteiger partial charge is 0.493 e. The van der Waals surface area contributed by atoms with Crippen LogP contribution in [0.4, 0.5) is 0 Å². The molecule has 0 spiro atoms. The number of methoxy groups -OCH3 is 3. The molecule has 0 aliphatic rings. The van der Waals surface area contributed by atoms with Crippen LogP contribution in [0.1, 0.15) is 28.7 Å². The Morgan fingerprint density at radius 3 is 1.72 bits per heavy atom. The highest BCUT2D eigenvalue weighted by atomic mass is 16.5. The molecule has 0 bridgehead atoms. The van der Waals surface area contributed by atoms with Gasteiger partial charge in [0.25, 0.3) is 0 Å². The van der Waals surface area contributed by atoms with Crippen molar-refractivity contribution < 1.29 is 14.2 Å². The van der Waals surface area contributed by atoms with E-state index >= 15 is 0 Å². The molecule has 152 valence electrons. The minimum atomic E-state index is 0.671. The van der Waals surface area contributed by atoms with E-state index in [1.54, 1.807) is 21.3 Å². The van der Waals surface area contributed by atoms with Gasteiger partial charge in [-0.1, -0.05) is 60.7 Å². The molecule has 3 nitrogen and oxygen atoms in total. The number of hydrogen-bond acceptors (Lipinski definition) is 3. The maximum absolute atomic E-state index is 5.80. The summed E-state index contributed by atoms with van der Waals surface area (Å²) in [7, 11) is 5.04. The van der Waals surface area contributed by atoms with Crippen molar-refractivity contribution in [2.75, 3.05) is 21.3 Å². The third-order valence-corrected chi connectivity index (χ3v) is 5.29. The van der Waals surface area contributed by atoms with Crippen LogP contribution in [0.3, 0.4) is 0 Å². The fourth-order valence-electron chi connectivity index (χ4n) is 3.81. The van der Waals surface area contributed by atoms with Crippen LogP contribution in [0.5, 0.6) is 17.2 Å². The van der Waals surface area contributed by atoms with Gasteiger partial charge in [0.15, 0.2) is 11.5 Å². The Bertz CT molecular complexity index is 889. The first kappa shape index (κ1) is 20.8. The lowest BCUT2D eigenvalue weighted by Gasteiger charge is -2.20. The van der Waals surface area contributed by atoms with E-state index < -0.39 is 0 Å². The van der Waals surface area contributed by atoms with Crippen LogP contribution in [0.2, 0.25) is 0 Å². The van der Waals surface area contributed by atoms with Crippen molar-refractivity contribution in [1.82, 2.24) is 0 Å².